The molecule has 2 rings (SSSR count). The molecule has 2 aromatic carbocycles. The number of carbonyl (C=O) groups is 5. The van der Waals surface area contributed by atoms with Gasteiger partial charge in [-0.3, -0.25) is 24.0 Å². The van der Waals surface area contributed by atoms with Gasteiger partial charge in [-0.1, -0.05) is 52.8 Å². The maximum Gasteiger partial charge on any atom is 0.313 e. The summed E-state index contributed by atoms with van der Waals surface area (Å²) in [4.78, 5) is 62.3. The molecule has 0 aliphatic heterocycles. The lowest BCUT2D eigenvalue weighted by atomic mass is 9.86. The Kier molecular flexibility index (Phi) is 11.2. The highest BCUT2D eigenvalue weighted by atomic mass is 19.2. The van der Waals surface area contributed by atoms with Gasteiger partial charge in [0, 0.05) is 11.8 Å². The number of ether oxygens (including phenoxy) is 1. The number of anilines is 1. The second-order valence-electron chi connectivity index (χ2n) is 10.7. The third-order valence-corrected chi connectivity index (χ3v) is 5.94. The van der Waals surface area contributed by atoms with Crippen molar-refractivity contribution in [3.8, 4) is 5.75 Å². The van der Waals surface area contributed by atoms with Crippen LogP contribution in [0.25, 0.3) is 0 Å². The molecule has 0 heterocycles. The topological polar surface area (TPSA) is 151 Å². The van der Waals surface area contributed by atoms with Crippen molar-refractivity contribution < 1.29 is 51.4 Å². The number of hydrogen-bond acceptors (Lipinski definition) is 6. The van der Waals surface area contributed by atoms with E-state index in [9.17, 15) is 46.6 Å². The Morgan fingerprint density at radius 2 is 1.48 bits per heavy atom. The van der Waals surface area contributed by atoms with Crippen LogP contribution in [0.5, 0.6) is 5.75 Å². The summed E-state index contributed by atoms with van der Waals surface area (Å²) in [5.74, 6) is -15.8. The molecule has 0 bridgehead atoms. The SMILES string of the molecule is CC(C)[C@H](NC(=O)C(=O)Nc1ccccc1C(C)(C)C)C(=O)N[C@@H](CC(=O)O)C(=O)COc1c(F)c(F)cc(F)c1F. The molecule has 4 N–H and O–H groups in total. The summed E-state index contributed by atoms with van der Waals surface area (Å²) in [5, 5.41) is 16.0. The molecule has 0 spiro atoms. The summed E-state index contributed by atoms with van der Waals surface area (Å²) in [7, 11) is 0. The zero-order valence-electron chi connectivity index (χ0n) is 23.4. The van der Waals surface area contributed by atoms with Gasteiger partial charge in [-0.05, 0) is 23.0 Å². The number of benzene rings is 2. The Labute approximate surface area is 238 Å². The maximum absolute atomic E-state index is 13.9. The van der Waals surface area contributed by atoms with E-state index in [4.69, 9.17) is 0 Å². The van der Waals surface area contributed by atoms with E-state index in [0.717, 1.165) is 5.56 Å². The fraction of sp³-hybridized carbons (Fsp3) is 0.393. The number of carboxylic acid groups (broad SMARTS) is 1. The van der Waals surface area contributed by atoms with E-state index in [1.54, 1.807) is 24.3 Å². The molecule has 0 saturated heterocycles. The lowest BCUT2D eigenvalue weighted by molar-refractivity contribution is -0.141. The molecule has 228 valence electrons. The van der Waals surface area contributed by atoms with Gasteiger partial charge >= 0.3 is 17.8 Å². The van der Waals surface area contributed by atoms with Crippen LogP contribution in [0.3, 0.4) is 0 Å². The first-order valence-electron chi connectivity index (χ1n) is 12.7. The third-order valence-electron chi connectivity index (χ3n) is 5.94. The normalized spacial score (nSPS) is 12.7. The van der Waals surface area contributed by atoms with Crippen molar-refractivity contribution >= 4 is 35.2 Å². The first-order valence-corrected chi connectivity index (χ1v) is 12.7. The van der Waals surface area contributed by atoms with Crippen molar-refractivity contribution in [3.63, 3.8) is 0 Å². The Hall–Kier alpha value is -4.49. The molecule has 0 aromatic heterocycles. The second-order valence-corrected chi connectivity index (χ2v) is 10.7. The number of hydrogen-bond donors (Lipinski definition) is 4. The Morgan fingerprint density at radius 3 is 2.00 bits per heavy atom. The van der Waals surface area contributed by atoms with Crippen LogP contribution in [-0.4, -0.2) is 53.3 Å². The van der Waals surface area contributed by atoms with E-state index in [1.807, 2.05) is 20.8 Å². The van der Waals surface area contributed by atoms with Crippen molar-refractivity contribution in [3.05, 3.63) is 59.2 Å². The first-order chi connectivity index (χ1) is 19.4. The van der Waals surface area contributed by atoms with Crippen molar-refractivity contribution in [2.75, 3.05) is 11.9 Å². The smallest absolute Gasteiger partial charge is 0.313 e. The predicted molar refractivity (Wildman–Crippen MR) is 141 cm³/mol. The van der Waals surface area contributed by atoms with E-state index in [1.165, 1.54) is 13.8 Å². The van der Waals surface area contributed by atoms with E-state index >= 15 is 0 Å². The van der Waals surface area contributed by atoms with Gasteiger partial charge in [0.15, 0.2) is 23.2 Å². The summed E-state index contributed by atoms with van der Waals surface area (Å²) in [6, 6.07) is 3.44. The average molecular weight is 598 g/mol. The van der Waals surface area contributed by atoms with E-state index < -0.39 is 89.5 Å². The van der Waals surface area contributed by atoms with Gasteiger partial charge in [0.25, 0.3) is 0 Å². The van der Waals surface area contributed by atoms with Gasteiger partial charge in [-0.15, -0.1) is 0 Å². The average Bonchev–Trinajstić information content (AvgIpc) is 2.89. The molecule has 3 amide bonds. The minimum absolute atomic E-state index is 0.0727. The lowest BCUT2D eigenvalue weighted by Gasteiger charge is -2.25. The second kappa shape index (κ2) is 13.9. The van der Waals surface area contributed by atoms with Gasteiger partial charge in [0.1, 0.15) is 18.7 Å². The zero-order valence-corrected chi connectivity index (χ0v) is 23.4. The number of nitrogens with one attached hydrogen (secondary N) is 3. The molecule has 0 fully saturated rings. The number of carbonyl (C=O) groups excluding carboxylic acids is 4. The van der Waals surface area contributed by atoms with Gasteiger partial charge < -0.3 is 25.8 Å². The van der Waals surface area contributed by atoms with Crippen molar-refractivity contribution in [2.45, 2.75) is 58.5 Å². The molecule has 14 heteroatoms. The summed E-state index contributed by atoms with van der Waals surface area (Å²) >= 11 is 0. The first kappa shape index (κ1) is 33.7. The molecule has 0 aliphatic carbocycles. The number of ketones is 1. The molecule has 10 nitrogen and oxygen atoms in total. The molecule has 2 atom stereocenters. The molecule has 42 heavy (non-hydrogen) atoms. The largest absolute Gasteiger partial charge is 0.481 e. The number of carboxylic acids is 1. The summed E-state index contributed by atoms with van der Waals surface area (Å²) in [6.07, 6.45) is -1.01. The molecule has 0 unspecified atom stereocenters. The van der Waals surface area contributed by atoms with E-state index in [-0.39, 0.29) is 11.5 Å². The molecular formula is C28H31F4N3O7. The van der Waals surface area contributed by atoms with Crippen LogP contribution >= 0.6 is 0 Å². The predicted octanol–water partition coefficient (Wildman–Crippen LogP) is 3.23. The van der Waals surface area contributed by atoms with Gasteiger partial charge in [0.2, 0.25) is 17.5 Å². The molecule has 0 aliphatic rings. The molecule has 0 radical (unpaired) electrons. The van der Waals surface area contributed by atoms with Crippen LogP contribution in [0.15, 0.2) is 30.3 Å². The number of halogens is 4. The van der Waals surface area contributed by atoms with E-state index in [2.05, 4.69) is 20.7 Å². The van der Waals surface area contributed by atoms with E-state index in [0.29, 0.717) is 5.69 Å². The maximum atomic E-state index is 13.9. The number of para-hydroxylation sites is 1. The number of aliphatic carboxylic acids is 1. The van der Waals surface area contributed by atoms with Crippen LogP contribution in [0.1, 0.15) is 46.6 Å². The van der Waals surface area contributed by atoms with Crippen LogP contribution in [0.4, 0.5) is 23.2 Å². The van der Waals surface area contributed by atoms with Crippen LogP contribution in [0.2, 0.25) is 0 Å². The minimum atomic E-state index is -1.92. The quantitative estimate of drug-likeness (QED) is 0.176. The lowest BCUT2D eigenvalue weighted by Crippen LogP contribution is -2.56. The fourth-order valence-electron chi connectivity index (χ4n) is 3.77. The summed E-state index contributed by atoms with van der Waals surface area (Å²) in [6.45, 7) is 7.43. The van der Waals surface area contributed by atoms with Gasteiger partial charge in [-0.25, -0.2) is 8.78 Å². The fourth-order valence-corrected chi connectivity index (χ4v) is 3.77. The molecule has 0 saturated carbocycles. The van der Waals surface area contributed by atoms with Crippen molar-refractivity contribution in [1.82, 2.24) is 10.6 Å². The number of amides is 3. The highest BCUT2D eigenvalue weighted by molar-refractivity contribution is 6.40. The van der Waals surface area contributed by atoms with Crippen LogP contribution < -0.4 is 20.7 Å². The van der Waals surface area contributed by atoms with Crippen LogP contribution in [0, 0.1) is 29.2 Å². The highest BCUT2D eigenvalue weighted by Crippen LogP contribution is 2.29. The van der Waals surface area contributed by atoms with Gasteiger partial charge in [-0.2, -0.15) is 8.78 Å². The minimum Gasteiger partial charge on any atom is -0.481 e. The summed E-state index contributed by atoms with van der Waals surface area (Å²) < 4.78 is 59.1. The van der Waals surface area contributed by atoms with Crippen molar-refractivity contribution in [1.29, 1.82) is 0 Å². The molecular weight excluding hydrogens is 566 g/mol. The Balaban J connectivity index is 2.16. The highest BCUT2D eigenvalue weighted by Gasteiger charge is 2.32. The standard InChI is InChI=1S/C28H31F4N3O7/c1-13(2)23(35-27(41)26(40)33-17-9-7-6-8-14(17)28(3,4)5)25(39)34-18(11-20(37)38)19(36)12-42-24-21(31)15(29)10-16(30)22(24)32/h6-10,13,18,23H,11-12H2,1-5H3,(H,33,40)(H,34,39)(H,35,41)(H,37,38)/t18-,23-/m0/s1. The Morgan fingerprint density at radius 1 is 0.905 bits per heavy atom. The number of Topliss-reactive ketones (excluding diaryl/α,β-unsaturated/α-hetero) is 1. The third kappa shape index (κ3) is 8.75. The summed E-state index contributed by atoms with van der Waals surface area (Å²) in [5.41, 5.74) is 0.729. The number of rotatable bonds is 11. The monoisotopic (exact) mass is 597 g/mol. The Bertz CT molecular complexity index is 1350. The van der Waals surface area contributed by atoms with Crippen LogP contribution in [-0.2, 0) is 29.4 Å². The molecule has 2 aromatic rings. The van der Waals surface area contributed by atoms with Gasteiger partial charge in [0.05, 0.1) is 6.42 Å². The zero-order chi connectivity index (χ0) is 31.9. The van der Waals surface area contributed by atoms with Crippen molar-refractivity contribution in [2.24, 2.45) is 5.92 Å².